The molecule has 0 radical (unpaired) electrons. The van der Waals surface area contributed by atoms with Crippen molar-refractivity contribution in [1.29, 1.82) is 0 Å². The Morgan fingerprint density at radius 3 is 2.52 bits per heavy atom. The Labute approximate surface area is 193 Å². The number of aromatic nitrogens is 2. The highest BCUT2D eigenvalue weighted by molar-refractivity contribution is 5.79. The molecule has 0 saturated heterocycles. The van der Waals surface area contributed by atoms with Crippen molar-refractivity contribution in [3.8, 4) is 11.1 Å². The van der Waals surface area contributed by atoms with Gasteiger partial charge in [0.1, 0.15) is 0 Å². The van der Waals surface area contributed by atoms with Crippen LogP contribution in [0.3, 0.4) is 0 Å². The Balaban J connectivity index is 1.45. The Morgan fingerprint density at radius 2 is 1.70 bits per heavy atom. The molecule has 3 aromatic rings. The van der Waals surface area contributed by atoms with Gasteiger partial charge in [0.15, 0.2) is 0 Å². The molecule has 0 spiro atoms. The zero-order chi connectivity index (χ0) is 22.9. The van der Waals surface area contributed by atoms with Crippen LogP contribution in [-0.2, 0) is 25.6 Å². The number of carbonyl (C=O) groups is 2. The highest BCUT2D eigenvalue weighted by atomic mass is 16.5. The van der Waals surface area contributed by atoms with Gasteiger partial charge in [0.25, 0.3) is 0 Å². The van der Waals surface area contributed by atoms with Gasteiger partial charge >= 0.3 is 11.9 Å². The third kappa shape index (κ3) is 6.42. The SMILES string of the molecule is O=C1CC/C=C/CC(c2ccc(-c3cnn(Cc4ccccc4)c3)cc2)C(=O)OCCCO1. The van der Waals surface area contributed by atoms with E-state index in [0.29, 0.717) is 25.7 Å². The molecule has 6 nitrogen and oxygen atoms in total. The summed E-state index contributed by atoms with van der Waals surface area (Å²) >= 11 is 0. The second kappa shape index (κ2) is 11.3. The first-order chi connectivity index (χ1) is 16.2. The number of carbonyl (C=O) groups excluding carboxylic acids is 2. The third-order valence-corrected chi connectivity index (χ3v) is 5.60. The summed E-state index contributed by atoms with van der Waals surface area (Å²) in [6, 6.07) is 18.2. The predicted octanol–water partition coefficient (Wildman–Crippen LogP) is 4.90. The van der Waals surface area contributed by atoms with Crippen LogP contribution in [-0.4, -0.2) is 34.9 Å². The Bertz CT molecular complexity index is 1090. The highest BCUT2D eigenvalue weighted by Gasteiger charge is 2.21. The summed E-state index contributed by atoms with van der Waals surface area (Å²) in [4.78, 5) is 24.3. The lowest BCUT2D eigenvalue weighted by Crippen LogP contribution is -2.17. The van der Waals surface area contributed by atoms with Crippen LogP contribution in [0.5, 0.6) is 0 Å². The number of allylic oxidation sites excluding steroid dienone is 2. The Morgan fingerprint density at radius 1 is 0.909 bits per heavy atom. The number of nitrogens with zero attached hydrogens (tertiary/aromatic N) is 2. The van der Waals surface area contributed by atoms with E-state index < -0.39 is 0 Å². The van der Waals surface area contributed by atoms with E-state index in [4.69, 9.17) is 9.47 Å². The van der Waals surface area contributed by atoms with Crippen molar-refractivity contribution in [2.45, 2.75) is 38.1 Å². The van der Waals surface area contributed by atoms with Crippen LogP contribution in [0.15, 0.2) is 79.1 Å². The van der Waals surface area contributed by atoms with Gasteiger partial charge in [0, 0.05) is 24.6 Å². The van der Waals surface area contributed by atoms with Crippen LogP contribution in [0.25, 0.3) is 11.1 Å². The molecular weight excluding hydrogens is 416 g/mol. The summed E-state index contributed by atoms with van der Waals surface area (Å²) in [6.45, 7) is 1.23. The van der Waals surface area contributed by atoms with Crippen molar-refractivity contribution in [3.63, 3.8) is 0 Å². The number of cyclic esters (lactones) is 2. The number of esters is 2. The smallest absolute Gasteiger partial charge is 0.313 e. The zero-order valence-corrected chi connectivity index (χ0v) is 18.6. The fourth-order valence-electron chi connectivity index (χ4n) is 3.79. The Hall–Kier alpha value is -3.67. The van der Waals surface area contributed by atoms with Crippen molar-refractivity contribution in [1.82, 2.24) is 9.78 Å². The lowest BCUT2D eigenvalue weighted by Gasteiger charge is -2.15. The first kappa shape index (κ1) is 22.5. The zero-order valence-electron chi connectivity index (χ0n) is 18.6. The Kier molecular flexibility index (Phi) is 7.69. The van der Waals surface area contributed by atoms with Crippen molar-refractivity contribution < 1.29 is 19.1 Å². The minimum Gasteiger partial charge on any atom is -0.466 e. The molecule has 1 aliphatic rings. The maximum atomic E-state index is 12.7. The highest BCUT2D eigenvalue weighted by Crippen LogP contribution is 2.26. The molecule has 2 aromatic carbocycles. The molecule has 1 aliphatic heterocycles. The van der Waals surface area contributed by atoms with E-state index >= 15 is 0 Å². The summed E-state index contributed by atoms with van der Waals surface area (Å²) < 4.78 is 12.5. The summed E-state index contributed by atoms with van der Waals surface area (Å²) in [6.07, 6.45) is 9.74. The molecule has 4 rings (SSSR count). The summed E-state index contributed by atoms with van der Waals surface area (Å²) in [5.74, 6) is -0.855. The average molecular weight is 445 g/mol. The topological polar surface area (TPSA) is 70.4 Å². The molecule has 0 bridgehead atoms. The molecule has 0 aliphatic carbocycles. The molecule has 0 saturated carbocycles. The average Bonchev–Trinajstić information content (AvgIpc) is 3.30. The number of ether oxygens (including phenoxy) is 2. The van der Waals surface area contributed by atoms with Gasteiger partial charge in [0.2, 0.25) is 0 Å². The molecule has 170 valence electrons. The van der Waals surface area contributed by atoms with E-state index in [9.17, 15) is 9.59 Å². The largest absolute Gasteiger partial charge is 0.466 e. The van der Waals surface area contributed by atoms with Crippen LogP contribution in [0.4, 0.5) is 0 Å². The summed E-state index contributed by atoms with van der Waals surface area (Å²) in [5.41, 5.74) is 4.18. The van der Waals surface area contributed by atoms with Gasteiger partial charge in [-0.05, 0) is 29.5 Å². The van der Waals surface area contributed by atoms with Crippen molar-refractivity contribution in [3.05, 3.63) is 90.3 Å². The molecule has 33 heavy (non-hydrogen) atoms. The van der Waals surface area contributed by atoms with Crippen LogP contribution in [0.2, 0.25) is 0 Å². The monoisotopic (exact) mass is 444 g/mol. The minimum absolute atomic E-state index is 0.218. The molecule has 1 atom stereocenters. The van der Waals surface area contributed by atoms with Crippen LogP contribution < -0.4 is 0 Å². The number of benzene rings is 2. The van der Waals surface area contributed by atoms with E-state index in [0.717, 1.165) is 23.2 Å². The number of hydrogen-bond donors (Lipinski definition) is 0. The molecule has 0 fully saturated rings. The van der Waals surface area contributed by atoms with Gasteiger partial charge < -0.3 is 9.47 Å². The van der Waals surface area contributed by atoms with Crippen molar-refractivity contribution >= 4 is 11.9 Å². The third-order valence-electron chi connectivity index (χ3n) is 5.60. The normalized spacial score (nSPS) is 18.8. The predicted molar refractivity (Wildman–Crippen MR) is 125 cm³/mol. The molecular formula is C27H28N2O4. The molecule has 0 amide bonds. The quantitative estimate of drug-likeness (QED) is 0.423. The van der Waals surface area contributed by atoms with Gasteiger partial charge in [-0.2, -0.15) is 5.10 Å². The van der Waals surface area contributed by atoms with Crippen molar-refractivity contribution in [2.24, 2.45) is 0 Å². The number of hydrogen-bond acceptors (Lipinski definition) is 5. The minimum atomic E-state index is -0.381. The lowest BCUT2D eigenvalue weighted by atomic mass is 9.93. The van der Waals surface area contributed by atoms with Gasteiger partial charge in [0.05, 0.1) is 31.9 Å². The van der Waals surface area contributed by atoms with E-state index in [2.05, 4.69) is 17.2 Å². The van der Waals surface area contributed by atoms with Crippen molar-refractivity contribution in [2.75, 3.05) is 13.2 Å². The molecule has 6 heteroatoms. The number of rotatable bonds is 4. The van der Waals surface area contributed by atoms with E-state index in [-0.39, 0.29) is 31.1 Å². The molecule has 1 unspecified atom stereocenters. The summed E-state index contributed by atoms with van der Waals surface area (Å²) in [7, 11) is 0. The first-order valence-electron chi connectivity index (χ1n) is 11.3. The second-order valence-electron chi connectivity index (χ2n) is 8.07. The molecule has 0 N–H and O–H groups in total. The van der Waals surface area contributed by atoms with Crippen LogP contribution >= 0.6 is 0 Å². The maximum Gasteiger partial charge on any atom is 0.313 e. The lowest BCUT2D eigenvalue weighted by molar-refractivity contribution is -0.147. The van der Waals surface area contributed by atoms with Crippen LogP contribution in [0.1, 0.15) is 42.7 Å². The van der Waals surface area contributed by atoms with Crippen LogP contribution in [0, 0.1) is 0 Å². The molecule has 2 heterocycles. The first-order valence-corrected chi connectivity index (χ1v) is 11.3. The molecule has 1 aromatic heterocycles. The van der Waals surface area contributed by atoms with Gasteiger partial charge in [-0.25, -0.2) is 0 Å². The maximum absolute atomic E-state index is 12.7. The summed E-state index contributed by atoms with van der Waals surface area (Å²) in [5, 5.41) is 4.48. The van der Waals surface area contributed by atoms with E-state index in [1.54, 1.807) is 0 Å². The van der Waals surface area contributed by atoms with Gasteiger partial charge in [-0.1, -0.05) is 66.7 Å². The van der Waals surface area contributed by atoms with E-state index in [1.807, 2.05) is 71.7 Å². The van der Waals surface area contributed by atoms with Gasteiger partial charge in [-0.3, -0.25) is 14.3 Å². The standard InChI is InChI=1S/C27H28N2O4/c30-26-11-6-2-5-10-25(27(31)33-17-7-16-32-26)23-14-12-22(13-15-23)24-18-28-29(20-24)19-21-8-3-1-4-9-21/h1-5,8-9,12-15,18,20,25H,6-7,10-11,16-17,19H2/b5-2+. The second-order valence-corrected chi connectivity index (χ2v) is 8.07. The van der Waals surface area contributed by atoms with E-state index in [1.165, 1.54) is 5.56 Å². The fourth-order valence-corrected chi connectivity index (χ4v) is 3.79. The van der Waals surface area contributed by atoms with Gasteiger partial charge in [-0.15, -0.1) is 0 Å². The fraction of sp³-hybridized carbons (Fsp3) is 0.296.